The van der Waals surface area contributed by atoms with Crippen LogP contribution in [0.4, 0.5) is 0 Å². The van der Waals surface area contributed by atoms with Gasteiger partial charge in [-0.15, -0.1) is 0 Å². The topological polar surface area (TPSA) is 74.0 Å². The molecule has 0 amide bonds. The van der Waals surface area contributed by atoms with Crippen LogP contribution < -0.4 is 0 Å². The molecule has 29 heavy (non-hydrogen) atoms. The third-order valence-electron chi connectivity index (χ3n) is 5.30. The highest BCUT2D eigenvalue weighted by molar-refractivity contribution is 6.11. The molecule has 142 valence electrons. The fourth-order valence-corrected chi connectivity index (χ4v) is 4.11. The van der Waals surface area contributed by atoms with Gasteiger partial charge in [0.1, 0.15) is 0 Å². The molecule has 1 N–H and O–H groups in total. The first-order valence-electron chi connectivity index (χ1n) is 9.53. The van der Waals surface area contributed by atoms with E-state index in [1.807, 2.05) is 68.4 Å². The predicted octanol–water partition coefficient (Wildman–Crippen LogP) is 5.83. The van der Waals surface area contributed by atoms with Crippen LogP contribution in [-0.4, -0.2) is 16.1 Å². The molecule has 0 unspecified atom stereocenters. The highest BCUT2D eigenvalue weighted by Crippen LogP contribution is 2.35. The molecule has 1 heterocycles. The number of aromatic nitrogens is 1. The van der Waals surface area contributed by atoms with Gasteiger partial charge in [-0.05, 0) is 66.3 Å². The van der Waals surface area contributed by atoms with Gasteiger partial charge in [0.25, 0.3) is 0 Å². The van der Waals surface area contributed by atoms with Crippen molar-refractivity contribution in [2.24, 2.45) is 0 Å². The van der Waals surface area contributed by atoms with Crippen molar-refractivity contribution < 1.29 is 9.90 Å². The molecule has 0 spiro atoms. The van der Waals surface area contributed by atoms with Crippen molar-refractivity contribution in [2.75, 3.05) is 0 Å². The quantitative estimate of drug-likeness (QED) is 0.452. The number of hydrogen-bond donors (Lipinski definition) is 1. The first kappa shape index (κ1) is 18.6. The van der Waals surface area contributed by atoms with Gasteiger partial charge < -0.3 is 5.11 Å². The second-order valence-electron chi connectivity index (χ2n) is 7.30. The molecule has 0 aliphatic rings. The zero-order valence-electron chi connectivity index (χ0n) is 16.4. The summed E-state index contributed by atoms with van der Waals surface area (Å²) in [4.78, 5) is 17.0. The molecule has 0 aliphatic carbocycles. The summed E-state index contributed by atoms with van der Waals surface area (Å²) < 4.78 is 0. The summed E-state index contributed by atoms with van der Waals surface area (Å²) in [7, 11) is 0. The van der Waals surface area contributed by atoms with Gasteiger partial charge in [-0.25, -0.2) is 9.78 Å². The van der Waals surface area contributed by atoms with E-state index >= 15 is 0 Å². The van der Waals surface area contributed by atoms with E-state index in [9.17, 15) is 9.90 Å². The van der Waals surface area contributed by atoms with Gasteiger partial charge >= 0.3 is 5.97 Å². The molecule has 0 atom stereocenters. The standard InChI is InChI=1S/C25H20N2O2/c1-15-12-17(6-5-11-26)13-16(2)23(15)19-9-10-22-20(24(19)25(28)29)14-18-7-3-4-8-21(18)27-22/h3-4,7-10,12-14H,5-6H2,1-2H3,(H,28,29). The van der Waals surface area contributed by atoms with E-state index in [-0.39, 0.29) is 5.56 Å². The molecule has 3 aromatic carbocycles. The molecule has 4 nitrogen and oxygen atoms in total. The van der Waals surface area contributed by atoms with Crippen molar-refractivity contribution in [2.45, 2.75) is 26.7 Å². The van der Waals surface area contributed by atoms with Crippen molar-refractivity contribution in [3.05, 3.63) is 76.9 Å². The van der Waals surface area contributed by atoms with Gasteiger partial charge in [-0.2, -0.15) is 5.26 Å². The number of fused-ring (bicyclic) bond motifs is 2. The number of hydrogen-bond acceptors (Lipinski definition) is 3. The third-order valence-corrected chi connectivity index (χ3v) is 5.30. The number of nitriles is 1. The number of carboxylic acid groups (broad SMARTS) is 1. The Bertz CT molecular complexity index is 1290. The second-order valence-corrected chi connectivity index (χ2v) is 7.30. The Morgan fingerprint density at radius 3 is 2.45 bits per heavy atom. The highest BCUT2D eigenvalue weighted by atomic mass is 16.4. The molecule has 0 saturated heterocycles. The zero-order valence-corrected chi connectivity index (χ0v) is 16.4. The maximum atomic E-state index is 12.3. The molecule has 0 fully saturated rings. The summed E-state index contributed by atoms with van der Waals surface area (Å²) in [5.74, 6) is -0.963. The molecule has 0 aliphatic heterocycles. The first-order chi connectivity index (χ1) is 14.0. The largest absolute Gasteiger partial charge is 0.478 e. The number of carboxylic acids is 1. The number of benzene rings is 3. The van der Waals surface area contributed by atoms with Crippen LogP contribution in [0.1, 0.15) is 33.5 Å². The molecule has 0 saturated carbocycles. The number of rotatable bonds is 4. The lowest BCUT2D eigenvalue weighted by atomic mass is 9.88. The second kappa shape index (κ2) is 7.37. The number of pyridine rings is 1. The lowest BCUT2D eigenvalue weighted by molar-refractivity contribution is 0.0700. The van der Waals surface area contributed by atoms with E-state index in [2.05, 4.69) is 11.1 Å². The van der Waals surface area contributed by atoms with E-state index in [4.69, 9.17) is 5.26 Å². The number of nitrogens with zero attached hydrogens (tertiary/aromatic N) is 2. The van der Waals surface area contributed by atoms with Crippen LogP contribution in [0.5, 0.6) is 0 Å². The first-order valence-corrected chi connectivity index (χ1v) is 9.53. The van der Waals surface area contributed by atoms with Crippen molar-refractivity contribution in [1.29, 1.82) is 5.26 Å². The van der Waals surface area contributed by atoms with E-state index < -0.39 is 5.97 Å². The summed E-state index contributed by atoms with van der Waals surface area (Å²) in [5.41, 5.74) is 6.53. The fraction of sp³-hybridized carbons (Fsp3) is 0.160. The number of aromatic carboxylic acids is 1. The van der Waals surface area contributed by atoms with Crippen molar-refractivity contribution in [3.63, 3.8) is 0 Å². The monoisotopic (exact) mass is 380 g/mol. The Morgan fingerprint density at radius 2 is 1.76 bits per heavy atom. The Hall–Kier alpha value is -3.71. The Labute approximate surface area is 169 Å². The van der Waals surface area contributed by atoms with Gasteiger partial charge in [-0.1, -0.05) is 36.4 Å². The normalized spacial score (nSPS) is 10.9. The number of carbonyl (C=O) groups is 1. The molecule has 1 aromatic heterocycles. The minimum absolute atomic E-state index is 0.275. The fourth-order valence-electron chi connectivity index (χ4n) is 4.11. The maximum Gasteiger partial charge on any atom is 0.337 e. The summed E-state index contributed by atoms with van der Waals surface area (Å²) in [5, 5.41) is 20.5. The minimum atomic E-state index is -0.963. The Morgan fingerprint density at radius 1 is 1.03 bits per heavy atom. The number of para-hydroxylation sites is 1. The van der Waals surface area contributed by atoms with Crippen molar-refractivity contribution in [1.82, 2.24) is 4.98 Å². The molecular weight excluding hydrogens is 360 g/mol. The lowest BCUT2D eigenvalue weighted by Crippen LogP contribution is -2.04. The zero-order chi connectivity index (χ0) is 20.5. The minimum Gasteiger partial charge on any atom is -0.478 e. The molecule has 0 radical (unpaired) electrons. The van der Waals surface area contributed by atoms with Crippen LogP contribution in [0.2, 0.25) is 0 Å². The summed E-state index contributed by atoms with van der Waals surface area (Å²) in [6.07, 6.45) is 1.16. The Kier molecular flexibility index (Phi) is 4.74. The van der Waals surface area contributed by atoms with E-state index in [1.165, 1.54) is 0 Å². The Balaban J connectivity index is 1.99. The van der Waals surface area contributed by atoms with Gasteiger partial charge in [0, 0.05) is 17.2 Å². The molecule has 4 rings (SSSR count). The molecule has 0 bridgehead atoms. The highest BCUT2D eigenvalue weighted by Gasteiger charge is 2.20. The van der Waals surface area contributed by atoms with Crippen LogP contribution in [0.3, 0.4) is 0 Å². The van der Waals surface area contributed by atoms with E-state index in [0.29, 0.717) is 29.3 Å². The van der Waals surface area contributed by atoms with Gasteiger partial charge in [0.15, 0.2) is 0 Å². The summed E-state index contributed by atoms with van der Waals surface area (Å²) in [6, 6.07) is 19.7. The van der Waals surface area contributed by atoms with Crippen LogP contribution in [0.15, 0.2) is 54.6 Å². The van der Waals surface area contributed by atoms with Gasteiger partial charge in [0.2, 0.25) is 0 Å². The maximum absolute atomic E-state index is 12.3. The summed E-state index contributed by atoms with van der Waals surface area (Å²) in [6.45, 7) is 3.99. The average molecular weight is 380 g/mol. The molecule has 4 heteroatoms. The average Bonchev–Trinajstić information content (AvgIpc) is 2.69. The predicted molar refractivity (Wildman–Crippen MR) is 115 cm³/mol. The molecule has 4 aromatic rings. The van der Waals surface area contributed by atoms with Crippen molar-refractivity contribution >= 4 is 27.8 Å². The van der Waals surface area contributed by atoms with Gasteiger partial charge in [-0.3, -0.25) is 0 Å². The third kappa shape index (κ3) is 3.32. The van der Waals surface area contributed by atoms with Crippen LogP contribution in [0.25, 0.3) is 32.9 Å². The van der Waals surface area contributed by atoms with Gasteiger partial charge in [0.05, 0.1) is 22.7 Å². The van der Waals surface area contributed by atoms with Crippen LogP contribution in [0, 0.1) is 25.2 Å². The molecular formula is C25H20N2O2. The smallest absolute Gasteiger partial charge is 0.337 e. The van der Waals surface area contributed by atoms with E-state index in [1.54, 1.807) is 0 Å². The van der Waals surface area contributed by atoms with Crippen molar-refractivity contribution in [3.8, 4) is 17.2 Å². The van der Waals surface area contributed by atoms with E-state index in [0.717, 1.165) is 33.2 Å². The number of aryl methyl sites for hydroxylation is 3. The van der Waals surface area contributed by atoms with Crippen LogP contribution >= 0.6 is 0 Å². The van der Waals surface area contributed by atoms with Crippen LogP contribution in [-0.2, 0) is 6.42 Å². The lowest BCUT2D eigenvalue weighted by Gasteiger charge is -2.16. The SMILES string of the molecule is Cc1cc(CCC#N)cc(C)c1-c1ccc2nc3ccccc3cc2c1C(=O)O. The summed E-state index contributed by atoms with van der Waals surface area (Å²) >= 11 is 0.